The van der Waals surface area contributed by atoms with Crippen LogP contribution in [0.25, 0.3) is 0 Å². The van der Waals surface area contributed by atoms with Crippen molar-refractivity contribution in [2.75, 3.05) is 6.54 Å². The van der Waals surface area contributed by atoms with Gasteiger partial charge in [0.2, 0.25) is 10.0 Å². The molecular formula is C14H20N4O2S. The van der Waals surface area contributed by atoms with E-state index in [0.717, 1.165) is 11.1 Å². The number of nitrogens with zero attached hydrogens (tertiary/aromatic N) is 2. The van der Waals surface area contributed by atoms with Gasteiger partial charge in [-0.1, -0.05) is 19.1 Å². The van der Waals surface area contributed by atoms with Gasteiger partial charge in [-0.25, -0.2) is 13.1 Å². The highest BCUT2D eigenvalue weighted by atomic mass is 32.2. The number of aryl methyl sites for hydroxylation is 1. The molecule has 2 rings (SSSR count). The van der Waals surface area contributed by atoms with Gasteiger partial charge in [0.25, 0.3) is 0 Å². The van der Waals surface area contributed by atoms with Gasteiger partial charge in [-0.2, -0.15) is 5.10 Å². The molecule has 0 aliphatic heterocycles. The topological polar surface area (TPSA) is 90.0 Å². The van der Waals surface area contributed by atoms with Crippen LogP contribution in [-0.2, 0) is 29.5 Å². The maximum atomic E-state index is 12.4. The molecule has 2 aromatic rings. The molecule has 0 atom stereocenters. The van der Waals surface area contributed by atoms with E-state index >= 15 is 0 Å². The fourth-order valence-corrected chi connectivity index (χ4v) is 3.45. The minimum Gasteiger partial charge on any atom is -0.326 e. The minimum absolute atomic E-state index is 0.292. The van der Waals surface area contributed by atoms with E-state index in [2.05, 4.69) is 9.82 Å². The highest BCUT2D eigenvalue weighted by Gasteiger charge is 2.17. The van der Waals surface area contributed by atoms with Crippen LogP contribution < -0.4 is 10.5 Å². The van der Waals surface area contributed by atoms with Crippen molar-refractivity contribution in [1.29, 1.82) is 0 Å². The van der Waals surface area contributed by atoms with E-state index < -0.39 is 10.0 Å². The normalized spacial score (nSPS) is 11.7. The van der Waals surface area contributed by atoms with Gasteiger partial charge in [-0.15, -0.1) is 0 Å². The maximum Gasteiger partial charge on any atom is 0.240 e. The van der Waals surface area contributed by atoms with Crippen LogP contribution in [-0.4, -0.2) is 24.7 Å². The predicted octanol–water partition coefficient (Wildman–Crippen LogP) is 0.883. The summed E-state index contributed by atoms with van der Waals surface area (Å²) >= 11 is 0. The molecule has 0 aliphatic carbocycles. The Bertz CT molecular complexity index is 681. The number of nitrogens with two attached hydrogens (primary N) is 1. The van der Waals surface area contributed by atoms with Crippen molar-refractivity contribution in [3.8, 4) is 0 Å². The van der Waals surface area contributed by atoms with E-state index in [0.29, 0.717) is 31.0 Å². The fraction of sp³-hybridized carbons (Fsp3) is 0.357. The van der Waals surface area contributed by atoms with Crippen LogP contribution in [0.5, 0.6) is 0 Å². The van der Waals surface area contributed by atoms with E-state index in [1.54, 1.807) is 29.2 Å². The molecule has 0 amide bonds. The van der Waals surface area contributed by atoms with E-state index in [4.69, 9.17) is 5.73 Å². The zero-order valence-corrected chi connectivity index (χ0v) is 12.8. The lowest BCUT2D eigenvalue weighted by molar-refractivity contribution is 0.560. The molecular weight excluding hydrogens is 288 g/mol. The third-order valence-electron chi connectivity index (χ3n) is 3.23. The quantitative estimate of drug-likeness (QED) is 0.794. The number of hydrogen-bond acceptors (Lipinski definition) is 4. The van der Waals surface area contributed by atoms with E-state index in [1.807, 2.05) is 19.1 Å². The fourth-order valence-electron chi connectivity index (χ4n) is 2.07. The zero-order valence-electron chi connectivity index (χ0n) is 12.0. The number of benzene rings is 1. The summed E-state index contributed by atoms with van der Waals surface area (Å²) in [4.78, 5) is 0.313. The summed E-state index contributed by atoms with van der Waals surface area (Å²) in [5.41, 5.74) is 7.19. The summed E-state index contributed by atoms with van der Waals surface area (Å²) in [5, 5.41) is 4.03. The number of hydrogen-bond donors (Lipinski definition) is 2. The molecule has 0 radical (unpaired) electrons. The van der Waals surface area contributed by atoms with Crippen molar-refractivity contribution >= 4 is 10.0 Å². The van der Waals surface area contributed by atoms with Crippen LogP contribution in [0.3, 0.4) is 0 Å². The monoisotopic (exact) mass is 308 g/mol. The molecule has 0 fully saturated rings. The van der Waals surface area contributed by atoms with Gasteiger partial charge in [0.15, 0.2) is 0 Å². The van der Waals surface area contributed by atoms with Gasteiger partial charge >= 0.3 is 0 Å². The average molecular weight is 308 g/mol. The molecule has 1 aromatic heterocycles. The standard InChI is InChI=1S/C14H20N4O2S/c1-2-13-5-4-12(11-15)10-14(13)21(19,20)17-7-9-18-8-3-6-16-18/h3-6,8,10,17H,2,7,9,11,15H2,1H3. The van der Waals surface area contributed by atoms with Crippen molar-refractivity contribution in [1.82, 2.24) is 14.5 Å². The summed E-state index contributed by atoms with van der Waals surface area (Å²) in [7, 11) is -3.54. The Morgan fingerprint density at radius 3 is 2.81 bits per heavy atom. The van der Waals surface area contributed by atoms with Gasteiger partial charge in [-0.05, 0) is 29.7 Å². The molecule has 21 heavy (non-hydrogen) atoms. The van der Waals surface area contributed by atoms with Crippen LogP contribution in [0.2, 0.25) is 0 Å². The Morgan fingerprint density at radius 2 is 2.19 bits per heavy atom. The lowest BCUT2D eigenvalue weighted by atomic mass is 10.1. The van der Waals surface area contributed by atoms with Crippen molar-refractivity contribution in [2.45, 2.75) is 31.3 Å². The van der Waals surface area contributed by atoms with Gasteiger partial charge in [-0.3, -0.25) is 4.68 Å². The van der Waals surface area contributed by atoms with Crippen molar-refractivity contribution in [3.05, 3.63) is 47.8 Å². The molecule has 3 N–H and O–H groups in total. The van der Waals surface area contributed by atoms with Crippen LogP contribution >= 0.6 is 0 Å². The second-order valence-corrected chi connectivity index (χ2v) is 6.40. The lowest BCUT2D eigenvalue weighted by Gasteiger charge is -2.12. The number of aromatic nitrogens is 2. The molecule has 6 nitrogen and oxygen atoms in total. The average Bonchev–Trinajstić information content (AvgIpc) is 2.99. The Kier molecular flexibility index (Phi) is 5.11. The number of rotatable bonds is 7. The van der Waals surface area contributed by atoms with Gasteiger partial charge in [0, 0.05) is 25.5 Å². The minimum atomic E-state index is -3.54. The van der Waals surface area contributed by atoms with Gasteiger partial charge in [0.1, 0.15) is 0 Å². The smallest absolute Gasteiger partial charge is 0.240 e. The first kappa shape index (κ1) is 15.7. The first-order valence-electron chi connectivity index (χ1n) is 6.85. The SMILES string of the molecule is CCc1ccc(CN)cc1S(=O)(=O)NCCn1cccn1. The van der Waals surface area contributed by atoms with Crippen LogP contribution in [0.15, 0.2) is 41.6 Å². The Labute approximate surface area is 125 Å². The molecule has 1 aromatic carbocycles. The number of sulfonamides is 1. The van der Waals surface area contributed by atoms with Crippen molar-refractivity contribution in [3.63, 3.8) is 0 Å². The summed E-state index contributed by atoms with van der Waals surface area (Å²) < 4.78 is 29.1. The molecule has 1 heterocycles. The Morgan fingerprint density at radius 1 is 1.38 bits per heavy atom. The van der Waals surface area contributed by atoms with E-state index in [9.17, 15) is 8.42 Å². The first-order chi connectivity index (χ1) is 10.1. The van der Waals surface area contributed by atoms with Crippen molar-refractivity contribution < 1.29 is 8.42 Å². The molecule has 0 bridgehead atoms. The second-order valence-electron chi connectivity index (χ2n) is 4.67. The summed E-state index contributed by atoms with van der Waals surface area (Å²) in [6, 6.07) is 7.13. The van der Waals surface area contributed by atoms with Crippen LogP contribution in [0, 0.1) is 0 Å². The van der Waals surface area contributed by atoms with Crippen LogP contribution in [0.4, 0.5) is 0 Å². The third-order valence-corrected chi connectivity index (χ3v) is 4.77. The largest absolute Gasteiger partial charge is 0.326 e. The van der Waals surface area contributed by atoms with Crippen molar-refractivity contribution in [2.24, 2.45) is 5.73 Å². The Balaban J connectivity index is 2.14. The van der Waals surface area contributed by atoms with E-state index in [-0.39, 0.29) is 0 Å². The summed E-state index contributed by atoms with van der Waals surface area (Å²) in [6.07, 6.45) is 4.11. The molecule has 0 unspecified atom stereocenters. The molecule has 0 saturated heterocycles. The molecule has 0 aliphatic rings. The summed E-state index contributed by atoms with van der Waals surface area (Å²) in [6.45, 7) is 3.03. The number of nitrogens with one attached hydrogen (secondary N) is 1. The van der Waals surface area contributed by atoms with E-state index in [1.165, 1.54) is 0 Å². The third kappa shape index (κ3) is 3.90. The molecule has 7 heteroatoms. The molecule has 0 spiro atoms. The first-order valence-corrected chi connectivity index (χ1v) is 8.34. The van der Waals surface area contributed by atoms with Gasteiger partial charge < -0.3 is 5.73 Å². The molecule has 0 saturated carbocycles. The lowest BCUT2D eigenvalue weighted by Crippen LogP contribution is -2.28. The highest BCUT2D eigenvalue weighted by molar-refractivity contribution is 7.89. The molecule has 114 valence electrons. The van der Waals surface area contributed by atoms with Crippen LogP contribution in [0.1, 0.15) is 18.1 Å². The summed E-state index contributed by atoms with van der Waals surface area (Å²) in [5.74, 6) is 0. The predicted molar refractivity (Wildman–Crippen MR) is 81.1 cm³/mol. The second kappa shape index (κ2) is 6.84. The van der Waals surface area contributed by atoms with Gasteiger partial charge in [0.05, 0.1) is 11.4 Å². The Hall–Kier alpha value is -1.70. The zero-order chi connectivity index (χ0) is 15.3. The maximum absolute atomic E-state index is 12.4. The highest BCUT2D eigenvalue weighted by Crippen LogP contribution is 2.18.